The predicted octanol–water partition coefficient (Wildman–Crippen LogP) is 3.64. The Morgan fingerprint density at radius 1 is 1.44 bits per heavy atom. The third-order valence-corrected chi connectivity index (χ3v) is 2.44. The lowest BCUT2D eigenvalue weighted by Crippen LogP contribution is -2.24. The molecule has 5 heteroatoms. The molecule has 0 bridgehead atoms. The van der Waals surface area contributed by atoms with Crippen molar-refractivity contribution in [3.05, 3.63) is 27.2 Å². The fraction of sp³-hybridized carbons (Fsp3) is 0.364. The van der Waals surface area contributed by atoms with Gasteiger partial charge in [0.05, 0.1) is 5.02 Å². The van der Waals surface area contributed by atoms with Crippen molar-refractivity contribution in [3.8, 4) is 0 Å². The van der Waals surface area contributed by atoms with Gasteiger partial charge >= 0.3 is 5.97 Å². The molecule has 0 atom stereocenters. The van der Waals surface area contributed by atoms with E-state index in [1.54, 1.807) is 32.9 Å². The molecular weight excluding hydrogens is 293 g/mol. The second-order valence-corrected chi connectivity index (χ2v) is 5.68. The zero-order chi connectivity index (χ0) is 12.5. The zero-order valence-corrected chi connectivity index (χ0v) is 11.6. The number of anilines is 1. The van der Waals surface area contributed by atoms with E-state index < -0.39 is 11.6 Å². The van der Waals surface area contributed by atoms with Crippen LogP contribution in [-0.4, -0.2) is 11.6 Å². The highest BCUT2D eigenvalue weighted by Gasteiger charge is 2.22. The summed E-state index contributed by atoms with van der Waals surface area (Å²) < 4.78 is 5.93. The molecule has 88 valence electrons. The molecule has 0 heterocycles. The number of esters is 1. The highest BCUT2D eigenvalue weighted by Crippen LogP contribution is 2.29. The molecule has 0 aliphatic heterocycles. The van der Waals surface area contributed by atoms with Crippen molar-refractivity contribution >= 4 is 39.2 Å². The summed E-state index contributed by atoms with van der Waals surface area (Å²) in [5, 5.41) is 0.279. The first-order valence-corrected chi connectivity index (χ1v) is 5.85. The molecule has 0 aliphatic rings. The van der Waals surface area contributed by atoms with Gasteiger partial charge in [-0.3, -0.25) is 0 Å². The van der Waals surface area contributed by atoms with E-state index in [1.165, 1.54) is 0 Å². The molecule has 0 unspecified atom stereocenters. The number of carbonyl (C=O) groups is 1. The van der Waals surface area contributed by atoms with Crippen LogP contribution in [0.4, 0.5) is 5.69 Å². The fourth-order valence-corrected chi connectivity index (χ4v) is 2.05. The molecule has 0 saturated carbocycles. The van der Waals surface area contributed by atoms with E-state index in [0.29, 0.717) is 5.69 Å². The van der Waals surface area contributed by atoms with Crippen molar-refractivity contribution < 1.29 is 9.53 Å². The molecule has 0 aliphatic carbocycles. The lowest BCUT2D eigenvalue weighted by atomic mass is 10.1. The van der Waals surface area contributed by atoms with Gasteiger partial charge in [-0.1, -0.05) is 27.5 Å². The van der Waals surface area contributed by atoms with Crippen molar-refractivity contribution in [1.82, 2.24) is 0 Å². The van der Waals surface area contributed by atoms with Crippen LogP contribution in [0.25, 0.3) is 0 Å². The number of halogens is 2. The first-order valence-electron chi connectivity index (χ1n) is 4.68. The normalized spacial score (nSPS) is 11.3. The van der Waals surface area contributed by atoms with E-state index in [1.807, 2.05) is 0 Å². The quantitative estimate of drug-likeness (QED) is 0.636. The van der Waals surface area contributed by atoms with Crippen LogP contribution in [0, 0.1) is 0 Å². The lowest BCUT2D eigenvalue weighted by Gasteiger charge is -2.20. The highest BCUT2D eigenvalue weighted by atomic mass is 79.9. The van der Waals surface area contributed by atoms with Crippen molar-refractivity contribution in [2.45, 2.75) is 26.4 Å². The minimum atomic E-state index is -0.570. The number of rotatable bonds is 1. The molecule has 0 fully saturated rings. The van der Waals surface area contributed by atoms with Gasteiger partial charge in [-0.2, -0.15) is 0 Å². The molecule has 0 spiro atoms. The zero-order valence-electron chi connectivity index (χ0n) is 9.30. The Bertz CT molecular complexity index is 403. The highest BCUT2D eigenvalue weighted by molar-refractivity contribution is 9.10. The minimum absolute atomic E-state index is 0.208. The molecule has 1 aromatic rings. The summed E-state index contributed by atoms with van der Waals surface area (Å²) in [6, 6.07) is 3.22. The summed E-state index contributed by atoms with van der Waals surface area (Å²) in [5.41, 5.74) is 5.66. The topological polar surface area (TPSA) is 52.3 Å². The number of ether oxygens (including phenoxy) is 1. The maximum atomic E-state index is 11.8. The van der Waals surface area contributed by atoms with E-state index in [2.05, 4.69) is 15.9 Å². The van der Waals surface area contributed by atoms with Crippen molar-refractivity contribution in [3.63, 3.8) is 0 Å². The average molecular weight is 307 g/mol. The molecule has 0 amide bonds. The van der Waals surface area contributed by atoms with Gasteiger partial charge in [0, 0.05) is 10.2 Å². The number of nitrogen functional groups attached to an aromatic ring is 1. The van der Waals surface area contributed by atoms with Crippen LogP contribution >= 0.6 is 27.5 Å². The van der Waals surface area contributed by atoms with Gasteiger partial charge in [-0.05, 0) is 32.9 Å². The summed E-state index contributed by atoms with van der Waals surface area (Å²) in [4.78, 5) is 11.8. The predicted molar refractivity (Wildman–Crippen MR) is 68.7 cm³/mol. The Hall–Kier alpha value is -0.740. The van der Waals surface area contributed by atoms with E-state index in [4.69, 9.17) is 22.1 Å². The molecule has 0 radical (unpaired) electrons. The number of nitrogens with two attached hydrogens (primary N) is 1. The van der Waals surface area contributed by atoms with Gasteiger partial charge in [-0.25, -0.2) is 4.79 Å². The monoisotopic (exact) mass is 305 g/mol. The first kappa shape index (κ1) is 13.3. The van der Waals surface area contributed by atoms with Crippen LogP contribution in [0.1, 0.15) is 31.1 Å². The SMILES string of the molecule is CC(C)(C)OC(=O)c1c(N)cc(Br)cc1Cl. The van der Waals surface area contributed by atoms with E-state index in [9.17, 15) is 4.79 Å². The molecule has 2 N–H and O–H groups in total. The van der Waals surface area contributed by atoms with Crippen molar-refractivity contribution in [1.29, 1.82) is 0 Å². The summed E-state index contributed by atoms with van der Waals surface area (Å²) in [6.07, 6.45) is 0. The van der Waals surface area contributed by atoms with Gasteiger partial charge in [0.15, 0.2) is 0 Å². The van der Waals surface area contributed by atoms with E-state index in [-0.39, 0.29) is 10.6 Å². The minimum Gasteiger partial charge on any atom is -0.456 e. The standard InChI is InChI=1S/C11H13BrClNO2/c1-11(2,3)16-10(15)9-7(13)4-6(12)5-8(9)14/h4-5H,14H2,1-3H3. The number of carbonyl (C=O) groups excluding carboxylic acids is 1. The van der Waals surface area contributed by atoms with Gasteiger partial charge in [0.25, 0.3) is 0 Å². The molecule has 16 heavy (non-hydrogen) atoms. The van der Waals surface area contributed by atoms with Crippen LogP contribution in [0.2, 0.25) is 5.02 Å². The second kappa shape index (κ2) is 4.63. The Morgan fingerprint density at radius 2 is 2.00 bits per heavy atom. The average Bonchev–Trinajstić information content (AvgIpc) is 1.96. The van der Waals surface area contributed by atoms with Crippen LogP contribution in [0.15, 0.2) is 16.6 Å². The summed E-state index contributed by atoms with van der Waals surface area (Å²) in [5.74, 6) is -0.512. The number of hydrogen-bond donors (Lipinski definition) is 1. The van der Waals surface area contributed by atoms with Crippen LogP contribution in [-0.2, 0) is 4.74 Å². The Balaban J connectivity index is 3.10. The maximum absolute atomic E-state index is 11.8. The summed E-state index contributed by atoms with van der Waals surface area (Å²) in [7, 11) is 0. The molecular formula is C11H13BrClNO2. The van der Waals surface area contributed by atoms with Gasteiger partial charge < -0.3 is 10.5 Å². The molecule has 3 nitrogen and oxygen atoms in total. The third kappa shape index (κ3) is 3.39. The molecule has 0 saturated heterocycles. The Labute approximate surface area is 108 Å². The second-order valence-electron chi connectivity index (χ2n) is 4.35. The fourth-order valence-electron chi connectivity index (χ4n) is 1.14. The van der Waals surface area contributed by atoms with Crippen LogP contribution in [0.5, 0.6) is 0 Å². The molecule has 1 rings (SSSR count). The van der Waals surface area contributed by atoms with Gasteiger partial charge in [0.2, 0.25) is 0 Å². The maximum Gasteiger partial charge on any atom is 0.342 e. The summed E-state index contributed by atoms with van der Waals surface area (Å²) in [6.45, 7) is 5.36. The van der Waals surface area contributed by atoms with E-state index in [0.717, 1.165) is 4.47 Å². The third-order valence-electron chi connectivity index (χ3n) is 1.69. The summed E-state index contributed by atoms with van der Waals surface area (Å²) >= 11 is 9.19. The van der Waals surface area contributed by atoms with Crippen LogP contribution < -0.4 is 5.73 Å². The van der Waals surface area contributed by atoms with Gasteiger partial charge in [-0.15, -0.1) is 0 Å². The Morgan fingerprint density at radius 3 is 2.44 bits per heavy atom. The smallest absolute Gasteiger partial charge is 0.342 e. The largest absolute Gasteiger partial charge is 0.456 e. The molecule has 1 aromatic carbocycles. The first-order chi connectivity index (χ1) is 7.20. The van der Waals surface area contributed by atoms with E-state index >= 15 is 0 Å². The molecule has 0 aromatic heterocycles. The van der Waals surface area contributed by atoms with Crippen LogP contribution in [0.3, 0.4) is 0 Å². The number of hydrogen-bond acceptors (Lipinski definition) is 3. The van der Waals surface area contributed by atoms with Crippen molar-refractivity contribution in [2.24, 2.45) is 0 Å². The number of benzene rings is 1. The Kier molecular flexibility index (Phi) is 3.86. The van der Waals surface area contributed by atoms with Crippen molar-refractivity contribution in [2.75, 3.05) is 5.73 Å². The van der Waals surface area contributed by atoms with Gasteiger partial charge in [0.1, 0.15) is 11.2 Å². The lowest BCUT2D eigenvalue weighted by molar-refractivity contribution is 0.00710.